The van der Waals surface area contributed by atoms with Crippen molar-refractivity contribution in [2.75, 3.05) is 13.1 Å². The molecule has 1 aromatic heterocycles. The van der Waals surface area contributed by atoms with Crippen LogP contribution < -0.4 is 0 Å². The van der Waals surface area contributed by atoms with E-state index >= 15 is 0 Å². The molecule has 0 N–H and O–H groups in total. The van der Waals surface area contributed by atoms with Crippen LogP contribution in [-0.2, 0) is 11.3 Å². The number of hydrogen-bond donors (Lipinski definition) is 0. The summed E-state index contributed by atoms with van der Waals surface area (Å²) in [6.45, 7) is 5.84. The van der Waals surface area contributed by atoms with Gasteiger partial charge in [0.15, 0.2) is 0 Å². The van der Waals surface area contributed by atoms with E-state index in [1.807, 2.05) is 53.8 Å². The van der Waals surface area contributed by atoms with Gasteiger partial charge in [-0.05, 0) is 37.4 Å². The lowest BCUT2D eigenvalue weighted by molar-refractivity contribution is -0.131. The van der Waals surface area contributed by atoms with Crippen LogP contribution in [0, 0.1) is 0 Å². The number of rotatable bonds is 4. The summed E-state index contributed by atoms with van der Waals surface area (Å²) in [6.07, 6.45) is 1.93. The van der Waals surface area contributed by atoms with E-state index in [1.54, 1.807) is 0 Å². The Bertz CT molecular complexity index is 558. The molecule has 0 aliphatic heterocycles. The van der Waals surface area contributed by atoms with Gasteiger partial charge >= 0.3 is 0 Å². The molecule has 1 heterocycles. The summed E-state index contributed by atoms with van der Waals surface area (Å²) in [4.78, 5) is 13.9. The molecule has 0 saturated carbocycles. The maximum Gasteiger partial charge on any atom is 0.242 e. The number of nitrogens with zero attached hydrogens (tertiary/aromatic N) is 2. The number of aromatic nitrogens is 1. The predicted molar refractivity (Wildman–Crippen MR) is 74.9 cm³/mol. The van der Waals surface area contributed by atoms with Crippen molar-refractivity contribution in [3.05, 3.63) is 35.5 Å². The minimum atomic E-state index is 0.137. The Morgan fingerprint density at radius 1 is 1.28 bits per heavy atom. The molecule has 0 unspecified atom stereocenters. The molecule has 0 atom stereocenters. The van der Waals surface area contributed by atoms with Gasteiger partial charge in [0.05, 0.1) is 0 Å². The first-order chi connectivity index (χ1) is 8.65. The summed E-state index contributed by atoms with van der Waals surface area (Å²) in [7, 11) is 0. The number of carbonyl (C=O) groups is 1. The Morgan fingerprint density at radius 2 is 2.00 bits per heavy atom. The smallest absolute Gasteiger partial charge is 0.242 e. The topological polar surface area (TPSA) is 25.2 Å². The van der Waals surface area contributed by atoms with Crippen LogP contribution in [0.3, 0.4) is 0 Å². The van der Waals surface area contributed by atoms with Crippen LogP contribution in [0.5, 0.6) is 0 Å². The second-order valence-electron chi connectivity index (χ2n) is 4.21. The van der Waals surface area contributed by atoms with Gasteiger partial charge in [-0.3, -0.25) is 4.79 Å². The molecule has 1 aromatic carbocycles. The van der Waals surface area contributed by atoms with Crippen molar-refractivity contribution < 1.29 is 4.79 Å². The van der Waals surface area contributed by atoms with E-state index in [9.17, 15) is 4.79 Å². The first kappa shape index (κ1) is 13.0. The molecule has 0 radical (unpaired) electrons. The van der Waals surface area contributed by atoms with Crippen molar-refractivity contribution in [1.82, 2.24) is 9.47 Å². The Morgan fingerprint density at radius 3 is 2.67 bits per heavy atom. The monoisotopic (exact) mass is 264 g/mol. The van der Waals surface area contributed by atoms with E-state index in [0.717, 1.165) is 24.0 Å². The summed E-state index contributed by atoms with van der Waals surface area (Å²) in [5.41, 5.74) is 1.00. The lowest BCUT2D eigenvalue weighted by atomic mass is 10.2. The van der Waals surface area contributed by atoms with Gasteiger partial charge in [0, 0.05) is 29.8 Å². The lowest BCUT2D eigenvalue weighted by Gasteiger charge is -2.19. The lowest BCUT2D eigenvalue weighted by Crippen LogP contribution is -2.33. The van der Waals surface area contributed by atoms with Crippen LogP contribution in [-0.4, -0.2) is 28.5 Å². The predicted octanol–water partition coefficient (Wildman–Crippen LogP) is 3.16. The quantitative estimate of drug-likeness (QED) is 0.833. The second-order valence-corrected chi connectivity index (χ2v) is 4.65. The fraction of sp³-hybridized carbons (Fsp3) is 0.357. The Kier molecular flexibility index (Phi) is 3.92. The van der Waals surface area contributed by atoms with Crippen LogP contribution in [0.2, 0.25) is 5.02 Å². The zero-order valence-corrected chi connectivity index (χ0v) is 11.4. The molecule has 4 heteroatoms. The maximum absolute atomic E-state index is 12.1. The number of carbonyl (C=O) groups excluding carboxylic acids is 1. The van der Waals surface area contributed by atoms with Crippen LogP contribution in [0.4, 0.5) is 0 Å². The molecule has 0 aliphatic carbocycles. The third-order valence-corrected chi connectivity index (χ3v) is 3.39. The normalized spacial score (nSPS) is 10.8. The van der Waals surface area contributed by atoms with Gasteiger partial charge in [-0.2, -0.15) is 0 Å². The van der Waals surface area contributed by atoms with E-state index in [0.29, 0.717) is 11.6 Å². The zero-order valence-electron chi connectivity index (χ0n) is 10.7. The highest BCUT2D eigenvalue weighted by atomic mass is 35.5. The van der Waals surface area contributed by atoms with E-state index in [2.05, 4.69) is 0 Å². The summed E-state index contributed by atoms with van der Waals surface area (Å²) in [5, 5.41) is 1.80. The van der Waals surface area contributed by atoms with Gasteiger partial charge in [0.1, 0.15) is 6.54 Å². The average molecular weight is 265 g/mol. The Hall–Kier alpha value is -1.48. The highest BCUT2D eigenvalue weighted by Crippen LogP contribution is 2.20. The molecular weight excluding hydrogens is 248 g/mol. The first-order valence-electron chi connectivity index (χ1n) is 6.18. The molecule has 0 fully saturated rings. The van der Waals surface area contributed by atoms with Crippen molar-refractivity contribution in [2.45, 2.75) is 20.4 Å². The van der Waals surface area contributed by atoms with Crippen LogP contribution in [0.15, 0.2) is 30.5 Å². The van der Waals surface area contributed by atoms with Gasteiger partial charge in [-0.15, -0.1) is 0 Å². The van der Waals surface area contributed by atoms with Gasteiger partial charge in [-0.25, -0.2) is 0 Å². The van der Waals surface area contributed by atoms with Gasteiger partial charge < -0.3 is 9.47 Å². The SMILES string of the molecule is CCN(CC)C(=O)Cn1ccc2ccc(Cl)cc21. The fourth-order valence-corrected chi connectivity index (χ4v) is 2.28. The number of amides is 1. The van der Waals surface area contributed by atoms with Gasteiger partial charge in [-0.1, -0.05) is 17.7 Å². The molecule has 0 aliphatic rings. The van der Waals surface area contributed by atoms with Gasteiger partial charge in [0.25, 0.3) is 0 Å². The third kappa shape index (κ3) is 2.51. The summed E-state index contributed by atoms with van der Waals surface area (Å²) >= 11 is 5.99. The molecule has 0 saturated heterocycles. The first-order valence-corrected chi connectivity index (χ1v) is 6.55. The van der Waals surface area contributed by atoms with Crippen molar-refractivity contribution >= 4 is 28.4 Å². The minimum Gasteiger partial charge on any atom is -0.342 e. The highest BCUT2D eigenvalue weighted by molar-refractivity contribution is 6.31. The molecule has 18 heavy (non-hydrogen) atoms. The molecule has 0 bridgehead atoms. The largest absolute Gasteiger partial charge is 0.342 e. The van der Waals surface area contributed by atoms with Crippen LogP contribution in [0.25, 0.3) is 10.9 Å². The van der Waals surface area contributed by atoms with Crippen molar-refractivity contribution in [1.29, 1.82) is 0 Å². The number of fused-ring (bicyclic) bond motifs is 1. The van der Waals surface area contributed by atoms with E-state index < -0.39 is 0 Å². The molecule has 0 spiro atoms. The Labute approximate surface area is 112 Å². The fourth-order valence-electron chi connectivity index (χ4n) is 2.12. The van der Waals surface area contributed by atoms with Gasteiger partial charge in [0.2, 0.25) is 5.91 Å². The summed E-state index contributed by atoms with van der Waals surface area (Å²) in [5.74, 6) is 0.137. The number of benzene rings is 1. The summed E-state index contributed by atoms with van der Waals surface area (Å²) in [6, 6.07) is 7.73. The van der Waals surface area contributed by atoms with E-state index in [4.69, 9.17) is 11.6 Å². The molecule has 3 nitrogen and oxygen atoms in total. The van der Waals surface area contributed by atoms with Crippen LogP contribution in [0.1, 0.15) is 13.8 Å². The number of hydrogen-bond acceptors (Lipinski definition) is 1. The molecular formula is C14H17ClN2O. The van der Waals surface area contributed by atoms with E-state index in [1.165, 1.54) is 0 Å². The average Bonchev–Trinajstić information content (AvgIpc) is 2.73. The third-order valence-electron chi connectivity index (χ3n) is 3.16. The number of likely N-dealkylation sites (N-methyl/N-ethyl adjacent to an activating group) is 1. The highest BCUT2D eigenvalue weighted by Gasteiger charge is 2.11. The molecule has 1 amide bonds. The Balaban J connectivity index is 2.26. The second kappa shape index (κ2) is 5.44. The van der Waals surface area contributed by atoms with Crippen molar-refractivity contribution in [2.24, 2.45) is 0 Å². The zero-order chi connectivity index (χ0) is 13.1. The van der Waals surface area contributed by atoms with Crippen molar-refractivity contribution in [3.8, 4) is 0 Å². The van der Waals surface area contributed by atoms with Crippen molar-refractivity contribution in [3.63, 3.8) is 0 Å². The molecule has 2 rings (SSSR count). The minimum absolute atomic E-state index is 0.137. The standard InChI is InChI=1S/C14H17ClN2O/c1-3-16(4-2)14(18)10-17-8-7-11-5-6-12(15)9-13(11)17/h5-9H,3-4,10H2,1-2H3. The van der Waals surface area contributed by atoms with E-state index in [-0.39, 0.29) is 5.91 Å². The summed E-state index contributed by atoms with van der Waals surface area (Å²) < 4.78 is 1.95. The van der Waals surface area contributed by atoms with Crippen LogP contribution >= 0.6 is 11.6 Å². The number of halogens is 1. The maximum atomic E-state index is 12.1. The molecule has 2 aromatic rings. The molecule has 96 valence electrons.